The normalized spacial score (nSPS) is 12.2. The number of aryl methyl sites for hydroxylation is 1. The van der Waals surface area contributed by atoms with Gasteiger partial charge in [-0.15, -0.1) is 0 Å². The third-order valence-electron chi connectivity index (χ3n) is 5.50. The van der Waals surface area contributed by atoms with Gasteiger partial charge >= 0.3 is 0 Å². The van der Waals surface area contributed by atoms with E-state index >= 15 is 0 Å². The van der Waals surface area contributed by atoms with Gasteiger partial charge in [-0.2, -0.15) is 0 Å². The number of H-pyrrole nitrogens is 1. The molecule has 1 atom stereocenters. The van der Waals surface area contributed by atoms with Gasteiger partial charge in [-0.3, -0.25) is 4.79 Å². The van der Waals surface area contributed by atoms with Crippen LogP contribution in [0.4, 0.5) is 13.2 Å². The number of hydrogen-bond acceptors (Lipinski definition) is 2. The van der Waals surface area contributed by atoms with Crippen LogP contribution in [0.25, 0.3) is 22.0 Å². The van der Waals surface area contributed by atoms with Crippen molar-refractivity contribution in [3.05, 3.63) is 94.9 Å². The van der Waals surface area contributed by atoms with Gasteiger partial charge < -0.3 is 15.4 Å². The van der Waals surface area contributed by atoms with Crippen LogP contribution < -0.4 is 5.32 Å². The van der Waals surface area contributed by atoms with Crippen molar-refractivity contribution in [1.82, 2.24) is 10.3 Å². The summed E-state index contributed by atoms with van der Waals surface area (Å²) in [4.78, 5) is 16.1. The molecule has 4 aromatic rings. The van der Waals surface area contributed by atoms with Crippen LogP contribution in [-0.4, -0.2) is 28.6 Å². The molecule has 4 rings (SSSR count). The Morgan fingerprint density at radius 3 is 2.47 bits per heavy atom. The number of aliphatic hydroxyl groups is 1. The lowest BCUT2D eigenvalue weighted by atomic mass is 9.98. The van der Waals surface area contributed by atoms with Crippen LogP contribution >= 0.6 is 0 Å². The third kappa shape index (κ3) is 4.24. The molecule has 0 aliphatic rings. The lowest BCUT2D eigenvalue weighted by Gasteiger charge is -2.17. The van der Waals surface area contributed by atoms with Crippen LogP contribution in [0.1, 0.15) is 21.5 Å². The Hall–Kier alpha value is -3.58. The lowest BCUT2D eigenvalue weighted by molar-refractivity contribution is 0.0916. The van der Waals surface area contributed by atoms with Gasteiger partial charge in [0.05, 0.1) is 12.6 Å². The molecule has 1 amide bonds. The molecule has 0 saturated carbocycles. The molecule has 164 valence electrons. The van der Waals surface area contributed by atoms with E-state index in [1.54, 1.807) is 19.1 Å². The number of para-hydroxylation sites is 1. The van der Waals surface area contributed by atoms with Gasteiger partial charge in [-0.25, -0.2) is 13.2 Å². The van der Waals surface area contributed by atoms with Gasteiger partial charge in [0.25, 0.3) is 5.91 Å². The second-order valence-corrected chi connectivity index (χ2v) is 7.70. The van der Waals surface area contributed by atoms with E-state index < -0.39 is 29.4 Å². The quantitative estimate of drug-likeness (QED) is 0.375. The summed E-state index contributed by atoms with van der Waals surface area (Å²) in [6.45, 7) is 1.47. The Balaban J connectivity index is 1.57. The minimum absolute atomic E-state index is 0.118. The van der Waals surface area contributed by atoms with E-state index in [9.17, 15) is 23.1 Å². The van der Waals surface area contributed by atoms with Crippen molar-refractivity contribution in [3.8, 4) is 11.1 Å². The van der Waals surface area contributed by atoms with E-state index in [1.165, 1.54) is 6.07 Å². The maximum atomic E-state index is 13.6. The number of benzene rings is 3. The molecule has 4 nitrogen and oxygen atoms in total. The van der Waals surface area contributed by atoms with Crippen molar-refractivity contribution >= 4 is 16.8 Å². The molecule has 0 radical (unpaired) electrons. The van der Waals surface area contributed by atoms with Crippen LogP contribution in [0.15, 0.2) is 60.8 Å². The third-order valence-corrected chi connectivity index (χ3v) is 5.50. The average Bonchev–Trinajstić information content (AvgIpc) is 3.19. The summed E-state index contributed by atoms with van der Waals surface area (Å²) in [5, 5.41) is 13.7. The first-order chi connectivity index (χ1) is 15.4. The first-order valence-corrected chi connectivity index (χ1v) is 10.1. The zero-order valence-corrected chi connectivity index (χ0v) is 17.3. The summed E-state index contributed by atoms with van der Waals surface area (Å²) >= 11 is 0. The van der Waals surface area contributed by atoms with Crippen molar-refractivity contribution in [2.45, 2.75) is 19.4 Å². The summed E-state index contributed by atoms with van der Waals surface area (Å²) < 4.78 is 40.6. The zero-order chi connectivity index (χ0) is 22.8. The van der Waals surface area contributed by atoms with Crippen LogP contribution in [0, 0.1) is 24.4 Å². The van der Waals surface area contributed by atoms with Gasteiger partial charge in [0, 0.05) is 22.7 Å². The molecule has 1 heterocycles. The average molecular weight is 438 g/mol. The summed E-state index contributed by atoms with van der Waals surface area (Å²) in [6.07, 6.45) is 2.27. The second-order valence-electron chi connectivity index (χ2n) is 7.70. The number of carbonyl (C=O) groups excluding carboxylic acids is 1. The molecule has 3 aromatic carbocycles. The van der Waals surface area contributed by atoms with E-state index in [1.807, 2.05) is 30.5 Å². The van der Waals surface area contributed by atoms with Gasteiger partial charge in [-0.1, -0.05) is 30.3 Å². The van der Waals surface area contributed by atoms with Gasteiger partial charge in [-0.05, 0) is 59.9 Å². The number of fused-ring (bicyclic) bond motifs is 1. The monoisotopic (exact) mass is 438 g/mol. The topological polar surface area (TPSA) is 65.1 Å². The molecule has 0 aliphatic heterocycles. The van der Waals surface area contributed by atoms with E-state index in [0.717, 1.165) is 28.6 Å². The van der Waals surface area contributed by atoms with Crippen LogP contribution in [0.5, 0.6) is 0 Å². The van der Waals surface area contributed by atoms with Crippen molar-refractivity contribution in [1.29, 1.82) is 0 Å². The SMILES string of the molecule is Cc1ccc(-c2cc(F)c(F)c(F)c2)cc1C(=O)N[C@@H](CO)Cc1c[nH]c2ccccc12. The van der Waals surface area contributed by atoms with Crippen molar-refractivity contribution < 1.29 is 23.1 Å². The first-order valence-electron chi connectivity index (χ1n) is 10.1. The maximum Gasteiger partial charge on any atom is 0.251 e. The Morgan fingerprint density at radius 2 is 1.75 bits per heavy atom. The predicted molar refractivity (Wildman–Crippen MR) is 117 cm³/mol. The highest BCUT2D eigenvalue weighted by molar-refractivity contribution is 5.97. The summed E-state index contributed by atoms with van der Waals surface area (Å²) in [5.41, 5.74) is 3.36. The molecular weight excluding hydrogens is 417 g/mol. The fraction of sp³-hybridized carbons (Fsp3) is 0.160. The maximum absolute atomic E-state index is 13.6. The second kappa shape index (κ2) is 8.88. The molecule has 0 spiro atoms. The fourth-order valence-electron chi connectivity index (χ4n) is 3.76. The highest BCUT2D eigenvalue weighted by atomic mass is 19.2. The molecule has 3 N–H and O–H groups in total. The number of halogens is 3. The molecule has 32 heavy (non-hydrogen) atoms. The number of aromatic nitrogens is 1. The van der Waals surface area contributed by atoms with E-state index in [0.29, 0.717) is 23.1 Å². The van der Waals surface area contributed by atoms with Crippen molar-refractivity contribution in [2.75, 3.05) is 6.61 Å². The zero-order valence-electron chi connectivity index (χ0n) is 17.3. The lowest BCUT2D eigenvalue weighted by Crippen LogP contribution is -2.39. The molecule has 7 heteroatoms. The van der Waals surface area contributed by atoms with Gasteiger partial charge in [0.15, 0.2) is 17.5 Å². The van der Waals surface area contributed by atoms with E-state index in [4.69, 9.17) is 0 Å². The smallest absolute Gasteiger partial charge is 0.251 e. The number of aliphatic hydroxyl groups excluding tert-OH is 1. The summed E-state index contributed by atoms with van der Waals surface area (Å²) in [5.74, 6) is -4.57. The molecule has 0 bridgehead atoms. The van der Waals surface area contributed by atoms with Gasteiger partial charge in [0.2, 0.25) is 0 Å². The van der Waals surface area contributed by atoms with E-state index in [-0.39, 0.29) is 12.2 Å². The first kappa shape index (κ1) is 21.6. The van der Waals surface area contributed by atoms with Crippen molar-refractivity contribution in [3.63, 3.8) is 0 Å². The number of aromatic amines is 1. The molecule has 0 unspecified atom stereocenters. The summed E-state index contributed by atoms with van der Waals surface area (Å²) in [6, 6.07) is 13.7. The van der Waals surface area contributed by atoms with E-state index in [2.05, 4.69) is 10.3 Å². The molecule has 0 saturated heterocycles. The van der Waals surface area contributed by atoms with Gasteiger partial charge in [0.1, 0.15) is 0 Å². The van der Waals surface area contributed by atoms with Crippen LogP contribution in [0.2, 0.25) is 0 Å². The standard InChI is InChI=1S/C25H21F3N2O2/c1-14-6-7-15(16-10-21(26)24(28)22(27)11-16)9-20(14)25(32)30-18(13-31)8-17-12-29-23-5-3-2-4-19(17)23/h2-7,9-12,18,29,31H,8,13H2,1H3,(H,30,32)/t18-/m1/s1. The Bertz CT molecular complexity index is 1280. The predicted octanol–water partition coefficient (Wildman–Crippen LogP) is 4.89. The van der Waals surface area contributed by atoms with Crippen molar-refractivity contribution in [2.24, 2.45) is 0 Å². The Kier molecular flexibility index (Phi) is 6.01. The Morgan fingerprint density at radius 1 is 1.03 bits per heavy atom. The number of rotatable bonds is 6. The van der Waals surface area contributed by atoms with Crippen LogP contribution in [0.3, 0.4) is 0 Å². The number of amides is 1. The fourth-order valence-corrected chi connectivity index (χ4v) is 3.76. The highest BCUT2D eigenvalue weighted by Crippen LogP contribution is 2.26. The molecule has 0 aliphatic carbocycles. The highest BCUT2D eigenvalue weighted by Gasteiger charge is 2.18. The summed E-state index contributed by atoms with van der Waals surface area (Å²) in [7, 11) is 0. The number of nitrogens with one attached hydrogen (secondary N) is 2. The minimum Gasteiger partial charge on any atom is -0.394 e. The van der Waals surface area contributed by atoms with Crippen LogP contribution in [-0.2, 0) is 6.42 Å². The minimum atomic E-state index is -1.54. The molecule has 1 aromatic heterocycles. The number of carbonyl (C=O) groups is 1. The molecule has 0 fully saturated rings. The Labute approximate surface area is 182 Å². The molecular formula is C25H21F3N2O2. The largest absolute Gasteiger partial charge is 0.394 e. The number of hydrogen-bond donors (Lipinski definition) is 3.